The van der Waals surface area contributed by atoms with Gasteiger partial charge in [0.25, 0.3) is 5.56 Å². The first kappa shape index (κ1) is 15.4. The zero-order valence-electron chi connectivity index (χ0n) is 13.6. The van der Waals surface area contributed by atoms with Crippen LogP contribution in [0.15, 0.2) is 40.3 Å². The lowest BCUT2D eigenvalue weighted by molar-refractivity contribution is 0.936. The summed E-state index contributed by atoms with van der Waals surface area (Å²) < 4.78 is 3.68. The van der Waals surface area contributed by atoms with E-state index in [4.69, 9.17) is 0 Å². The number of thiophene rings is 1. The van der Waals surface area contributed by atoms with Gasteiger partial charge in [0.05, 0.1) is 11.1 Å². The van der Waals surface area contributed by atoms with Crippen molar-refractivity contribution in [3.05, 3.63) is 51.1 Å². The Hall–Kier alpha value is -2.12. The Balaban J connectivity index is 2.25. The number of fused-ring (bicyclic) bond motifs is 3. The highest BCUT2D eigenvalue weighted by atomic mass is 32.2. The molecule has 122 valence electrons. The van der Waals surface area contributed by atoms with Crippen molar-refractivity contribution < 1.29 is 0 Å². The van der Waals surface area contributed by atoms with E-state index >= 15 is 0 Å². The maximum atomic E-state index is 13.2. The molecule has 24 heavy (non-hydrogen) atoms. The fraction of sp³-hybridized carbons (Fsp3) is 0.235. The fourth-order valence-electron chi connectivity index (χ4n) is 2.84. The third-order valence-corrected chi connectivity index (χ3v) is 6.09. The number of hydrogen-bond donors (Lipinski definition) is 0. The molecule has 0 bridgehead atoms. The molecule has 0 spiro atoms. The van der Waals surface area contributed by atoms with Crippen molar-refractivity contribution in [1.82, 2.24) is 19.2 Å². The smallest absolute Gasteiger partial charge is 0.268 e. The van der Waals surface area contributed by atoms with Crippen LogP contribution in [-0.4, -0.2) is 24.9 Å². The molecule has 4 rings (SSSR count). The summed E-state index contributed by atoms with van der Waals surface area (Å²) >= 11 is 3.26. The van der Waals surface area contributed by atoms with Crippen LogP contribution in [0.4, 0.5) is 0 Å². The quantitative estimate of drug-likeness (QED) is 0.524. The number of nitrogens with zero attached hydrogens (tertiary/aromatic N) is 4. The molecule has 3 heterocycles. The van der Waals surface area contributed by atoms with Crippen molar-refractivity contribution in [1.29, 1.82) is 0 Å². The van der Waals surface area contributed by atoms with Gasteiger partial charge in [-0.3, -0.25) is 4.79 Å². The Morgan fingerprint density at radius 1 is 1.17 bits per heavy atom. The van der Waals surface area contributed by atoms with E-state index in [1.54, 1.807) is 27.7 Å². The first-order chi connectivity index (χ1) is 11.6. The first-order valence-electron chi connectivity index (χ1n) is 7.71. The van der Waals surface area contributed by atoms with Crippen LogP contribution in [0.5, 0.6) is 0 Å². The minimum Gasteiger partial charge on any atom is -0.268 e. The van der Waals surface area contributed by atoms with Gasteiger partial charge < -0.3 is 0 Å². The van der Waals surface area contributed by atoms with Gasteiger partial charge in [0.15, 0.2) is 5.16 Å². The molecular weight excluding hydrogens is 340 g/mol. The third-order valence-electron chi connectivity index (χ3n) is 4.09. The number of para-hydroxylation sites is 1. The SMILES string of the molecule is CCSc1nnc2n(-c3ccccc3)c(=O)c3c(C)c(C)sc3n12. The second-order valence-corrected chi connectivity index (χ2v) is 7.92. The largest absolute Gasteiger partial charge is 0.268 e. The van der Waals surface area contributed by atoms with E-state index in [0.717, 1.165) is 37.3 Å². The van der Waals surface area contributed by atoms with Gasteiger partial charge in [0, 0.05) is 4.88 Å². The van der Waals surface area contributed by atoms with E-state index in [9.17, 15) is 4.79 Å². The first-order valence-corrected chi connectivity index (χ1v) is 9.51. The molecule has 0 unspecified atom stereocenters. The summed E-state index contributed by atoms with van der Waals surface area (Å²) in [6.45, 7) is 6.14. The molecule has 7 heteroatoms. The molecule has 0 atom stereocenters. The van der Waals surface area contributed by atoms with Crippen LogP contribution in [0, 0.1) is 13.8 Å². The van der Waals surface area contributed by atoms with Gasteiger partial charge >= 0.3 is 0 Å². The highest BCUT2D eigenvalue weighted by Crippen LogP contribution is 2.31. The summed E-state index contributed by atoms with van der Waals surface area (Å²) in [5.74, 6) is 1.46. The highest BCUT2D eigenvalue weighted by molar-refractivity contribution is 7.99. The lowest BCUT2D eigenvalue weighted by Gasteiger charge is -2.09. The summed E-state index contributed by atoms with van der Waals surface area (Å²) in [5.41, 5.74) is 1.80. The summed E-state index contributed by atoms with van der Waals surface area (Å²) in [6, 6.07) is 9.62. The van der Waals surface area contributed by atoms with Crippen molar-refractivity contribution in [2.24, 2.45) is 0 Å². The maximum Gasteiger partial charge on any atom is 0.268 e. The molecule has 0 aliphatic rings. The number of rotatable bonds is 3. The standard InChI is InChI=1S/C17H16N4OS2/c1-4-23-17-19-18-16-20(12-8-6-5-7-9-12)14(22)13-10(2)11(3)24-15(13)21(16)17/h5-9H,4H2,1-3H3. The average molecular weight is 356 g/mol. The second-order valence-electron chi connectivity index (χ2n) is 5.49. The molecular formula is C17H16N4OS2. The zero-order valence-corrected chi connectivity index (χ0v) is 15.2. The molecule has 1 aromatic carbocycles. The zero-order chi connectivity index (χ0) is 16.8. The van der Waals surface area contributed by atoms with Crippen LogP contribution < -0.4 is 5.56 Å². The van der Waals surface area contributed by atoms with Gasteiger partial charge in [-0.05, 0) is 37.3 Å². The minimum atomic E-state index is -0.0361. The Morgan fingerprint density at radius 2 is 1.92 bits per heavy atom. The molecule has 0 fully saturated rings. The van der Waals surface area contributed by atoms with Crippen LogP contribution in [0.25, 0.3) is 21.7 Å². The molecule has 0 saturated carbocycles. The van der Waals surface area contributed by atoms with Crippen LogP contribution in [0.3, 0.4) is 0 Å². The topological polar surface area (TPSA) is 52.2 Å². The van der Waals surface area contributed by atoms with Crippen molar-refractivity contribution in [3.8, 4) is 5.69 Å². The normalized spacial score (nSPS) is 11.6. The molecule has 0 amide bonds. The number of aryl methyl sites for hydroxylation is 2. The van der Waals surface area contributed by atoms with Crippen molar-refractivity contribution in [2.75, 3.05) is 5.75 Å². The van der Waals surface area contributed by atoms with Gasteiger partial charge in [0.1, 0.15) is 4.83 Å². The lowest BCUT2D eigenvalue weighted by atomic mass is 10.2. The van der Waals surface area contributed by atoms with Gasteiger partial charge in [-0.25, -0.2) is 8.97 Å². The molecule has 0 aliphatic heterocycles. The number of hydrogen-bond acceptors (Lipinski definition) is 5. The second kappa shape index (κ2) is 5.75. The fourth-order valence-corrected chi connectivity index (χ4v) is 4.70. The van der Waals surface area contributed by atoms with E-state index in [-0.39, 0.29) is 5.56 Å². The number of aromatic nitrogens is 4. The molecule has 0 radical (unpaired) electrons. The third kappa shape index (κ3) is 2.12. The number of benzene rings is 1. The van der Waals surface area contributed by atoms with Crippen molar-refractivity contribution >= 4 is 39.1 Å². The Labute approximate surface area is 147 Å². The Morgan fingerprint density at radius 3 is 2.62 bits per heavy atom. The van der Waals surface area contributed by atoms with E-state index in [0.29, 0.717) is 5.78 Å². The minimum absolute atomic E-state index is 0.0361. The van der Waals surface area contributed by atoms with Gasteiger partial charge in [-0.15, -0.1) is 21.5 Å². The molecule has 0 N–H and O–H groups in total. The molecule has 0 aliphatic carbocycles. The van der Waals surface area contributed by atoms with E-state index in [2.05, 4.69) is 24.0 Å². The lowest BCUT2D eigenvalue weighted by Crippen LogP contribution is -2.21. The molecule has 5 nitrogen and oxygen atoms in total. The van der Waals surface area contributed by atoms with E-state index in [1.807, 2.05) is 41.7 Å². The highest BCUT2D eigenvalue weighted by Gasteiger charge is 2.21. The van der Waals surface area contributed by atoms with Crippen LogP contribution >= 0.6 is 23.1 Å². The number of thioether (sulfide) groups is 1. The monoisotopic (exact) mass is 356 g/mol. The maximum absolute atomic E-state index is 13.2. The van der Waals surface area contributed by atoms with Crippen LogP contribution in [-0.2, 0) is 0 Å². The van der Waals surface area contributed by atoms with Crippen molar-refractivity contribution in [3.63, 3.8) is 0 Å². The summed E-state index contributed by atoms with van der Waals surface area (Å²) in [4.78, 5) is 15.3. The van der Waals surface area contributed by atoms with Gasteiger partial charge in [-0.1, -0.05) is 36.9 Å². The van der Waals surface area contributed by atoms with Crippen LogP contribution in [0.1, 0.15) is 17.4 Å². The van der Waals surface area contributed by atoms with E-state index < -0.39 is 0 Å². The van der Waals surface area contributed by atoms with Gasteiger partial charge in [-0.2, -0.15) is 0 Å². The predicted molar refractivity (Wildman–Crippen MR) is 99.8 cm³/mol. The molecule has 0 saturated heterocycles. The van der Waals surface area contributed by atoms with Gasteiger partial charge in [0.2, 0.25) is 5.78 Å². The van der Waals surface area contributed by atoms with E-state index in [1.165, 1.54) is 0 Å². The predicted octanol–water partition coefficient (Wildman–Crippen LogP) is 3.82. The average Bonchev–Trinajstić information content (AvgIpc) is 3.11. The van der Waals surface area contributed by atoms with Crippen molar-refractivity contribution in [2.45, 2.75) is 25.9 Å². The Kier molecular flexibility index (Phi) is 3.69. The Bertz CT molecular complexity index is 1110. The van der Waals surface area contributed by atoms with Crippen LogP contribution in [0.2, 0.25) is 0 Å². The summed E-state index contributed by atoms with van der Waals surface area (Å²) in [5, 5.41) is 10.2. The summed E-state index contributed by atoms with van der Waals surface area (Å²) in [6.07, 6.45) is 0. The summed E-state index contributed by atoms with van der Waals surface area (Å²) in [7, 11) is 0. The molecule has 4 aromatic rings. The molecule has 3 aromatic heterocycles.